The maximum absolute atomic E-state index is 3.47. The Balaban J connectivity index is 1.88. The van der Waals surface area contributed by atoms with Gasteiger partial charge in [0, 0.05) is 18.0 Å². The van der Waals surface area contributed by atoms with Crippen LogP contribution in [0, 0.1) is 0 Å². The minimum Gasteiger partial charge on any atom is -0.382 e. The molecule has 3 heteroatoms. The van der Waals surface area contributed by atoms with Crippen molar-refractivity contribution in [1.29, 1.82) is 0 Å². The van der Waals surface area contributed by atoms with Gasteiger partial charge in [-0.15, -0.1) is 11.8 Å². The van der Waals surface area contributed by atoms with Gasteiger partial charge in [0.1, 0.15) is 0 Å². The average Bonchev–Trinajstić information content (AvgIpc) is 2.53. The van der Waals surface area contributed by atoms with Crippen molar-refractivity contribution in [3.8, 4) is 0 Å². The third-order valence-electron chi connectivity index (χ3n) is 3.39. The van der Waals surface area contributed by atoms with E-state index in [4.69, 9.17) is 0 Å². The fourth-order valence-electron chi connectivity index (χ4n) is 2.37. The predicted octanol–water partition coefficient (Wildman–Crippen LogP) is 4.42. The molecule has 0 aliphatic carbocycles. The molecule has 0 spiro atoms. The van der Waals surface area contributed by atoms with E-state index in [1.54, 1.807) is 11.8 Å². The molecular formula is C17H18N2S. The highest BCUT2D eigenvalue weighted by atomic mass is 32.2. The van der Waals surface area contributed by atoms with E-state index in [0.29, 0.717) is 0 Å². The second-order valence-electron chi connectivity index (χ2n) is 4.73. The van der Waals surface area contributed by atoms with Gasteiger partial charge in [-0.1, -0.05) is 36.4 Å². The lowest BCUT2D eigenvalue weighted by molar-refractivity contribution is 1.04. The molecule has 2 aromatic rings. The third-order valence-corrected chi connectivity index (χ3v) is 4.11. The van der Waals surface area contributed by atoms with Crippen LogP contribution in [0.3, 0.4) is 0 Å². The number of nitrogens with one attached hydrogen (secondary N) is 2. The van der Waals surface area contributed by atoms with Crippen LogP contribution in [0.25, 0.3) is 12.2 Å². The van der Waals surface area contributed by atoms with Crippen molar-refractivity contribution >= 4 is 35.3 Å². The van der Waals surface area contributed by atoms with E-state index in [0.717, 1.165) is 13.1 Å². The normalized spacial score (nSPS) is 13.7. The van der Waals surface area contributed by atoms with Gasteiger partial charge in [0.15, 0.2) is 0 Å². The van der Waals surface area contributed by atoms with E-state index < -0.39 is 0 Å². The van der Waals surface area contributed by atoms with Crippen LogP contribution in [0.4, 0.5) is 11.4 Å². The molecule has 3 rings (SSSR count). The summed E-state index contributed by atoms with van der Waals surface area (Å²) in [6, 6.07) is 14.9. The zero-order valence-corrected chi connectivity index (χ0v) is 12.3. The van der Waals surface area contributed by atoms with E-state index in [-0.39, 0.29) is 0 Å². The van der Waals surface area contributed by atoms with Gasteiger partial charge in [-0.2, -0.15) is 0 Å². The maximum Gasteiger partial charge on any atom is 0.0650 e. The molecule has 2 aromatic carbocycles. The minimum atomic E-state index is 0.972. The van der Waals surface area contributed by atoms with Gasteiger partial charge in [0.2, 0.25) is 0 Å². The standard InChI is InChI=1S/C17H18N2S/c1-20-15-6-2-4-13(12-15)8-9-14-5-3-7-16-17(14)19-11-10-18-16/h2-9,12,18-19H,10-11H2,1H3/b9-8+. The largest absolute Gasteiger partial charge is 0.382 e. The van der Waals surface area contributed by atoms with Crippen molar-refractivity contribution in [3.63, 3.8) is 0 Å². The first kappa shape index (κ1) is 13.1. The van der Waals surface area contributed by atoms with Crippen molar-refractivity contribution in [1.82, 2.24) is 0 Å². The average molecular weight is 282 g/mol. The SMILES string of the molecule is CSc1cccc(/C=C/c2cccc3c2NCCN3)c1. The molecule has 2 N–H and O–H groups in total. The lowest BCUT2D eigenvalue weighted by Gasteiger charge is -2.21. The molecule has 1 heterocycles. The minimum absolute atomic E-state index is 0.972. The molecule has 0 fully saturated rings. The molecule has 0 radical (unpaired) electrons. The summed E-state index contributed by atoms with van der Waals surface area (Å²) in [6.07, 6.45) is 6.45. The molecule has 1 aliphatic rings. The smallest absolute Gasteiger partial charge is 0.0650 e. The first-order valence-corrected chi connectivity index (χ1v) is 8.02. The second-order valence-corrected chi connectivity index (χ2v) is 5.61. The quantitative estimate of drug-likeness (QED) is 0.644. The molecule has 0 atom stereocenters. The van der Waals surface area contributed by atoms with Gasteiger partial charge < -0.3 is 10.6 Å². The summed E-state index contributed by atoms with van der Waals surface area (Å²) >= 11 is 1.77. The summed E-state index contributed by atoms with van der Waals surface area (Å²) in [5, 5.41) is 6.89. The molecule has 1 aliphatic heterocycles. The van der Waals surface area contributed by atoms with Crippen LogP contribution in [0.1, 0.15) is 11.1 Å². The summed E-state index contributed by atoms with van der Waals surface area (Å²) in [4.78, 5) is 1.29. The number of para-hydroxylation sites is 1. The molecule has 0 saturated heterocycles. The number of hydrogen-bond acceptors (Lipinski definition) is 3. The van der Waals surface area contributed by atoms with Crippen molar-refractivity contribution in [2.45, 2.75) is 4.90 Å². The lowest BCUT2D eigenvalue weighted by atomic mass is 10.1. The molecular weight excluding hydrogens is 264 g/mol. The van der Waals surface area contributed by atoms with E-state index in [9.17, 15) is 0 Å². The summed E-state index contributed by atoms with van der Waals surface area (Å²) < 4.78 is 0. The molecule has 20 heavy (non-hydrogen) atoms. The van der Waals surface area contributed by atoms with Gasteiger partial charge in [-0.3, -0.25) is 0 Å². The molecule has 0 saturated carbocycles. The Hall–Kier alpha value is -1.87. The highest BCUT2D eigenvalue weighted by Crippen LogP contribution is 2.29. The van der Waals surface area contributed by atoms with E-state index in [2.05, 4.69) is 71.5 Å². The Bertz CT molecular complexity index is 635. The fourth-order valence-corrected chi connectivity index (χ4v) is 2.84. The second kappa shape index (κ2) is 6.06. The Morgan fingerprint density at radius 2 is 1.85 bits per heavy atom. The summed E-state index contributed by atoms with van der Waals surface area (Å²) in [6.45, 7) is 1.95. The van der Waals surface area contributed by atoms with Gasteiger partial charge in [-0.05, 0) is 35.6 Å². The summed E-state index contributed by atoms with van der Waals surface area (Å²) in [5.41, 5.74) is 4.86. The van der Waals surface area contributed by atoms with Crippen LogP contribution in [-0.2, 0) is 0 Å². The predicted molar refractivity (Wildman–Crippen MR) is 90.6 cm³/mol. The van der Waals surface area contributed by atoms with E-state index in [1.807, 2.05) is 0 Å². The maximum atomic E-state index is 3.47. The monoisotopic (exact) mass is 282 g/mol. The highest BCUT2D eigenvalue weighted by Gasteiger charge is 2.09. The fraction of sp³-hybridized carbons (Fsp3) is 0.176. The molecule has 0 aromatic heterocycles. The third kappa shape index (κ3) is 2.83. The zero-order chi connectivity index (χ0) is 13.8. The van der Waals surface area contributed by atoms with Crippen LogP contribution >= 0.6 is 11.8 Å². The topological polar surface area (TPSA) is 24.1 Å². The van der Waals surface area contributed by atoms with Crippen molar-refractivity contribution in [2.24, 2.45) is 0 Å². The van der Waals surface area contributed by atoms with Crippen LogP contribution in [0.2, 0.25) is 0 Å². The summed E-state index contributed by atoms with van der Waals surface area (Å²) in [7, 11) is 0. The summed E-state index contributed by atoms with van der Waals surface area (Å²) in [5.74, 6) is 0. The molecule has 0 amide bonds. The number of thioether (sulfide) groups is 1. The lowest BCUT2D eigenvalue weighted by Crippen LogP contribution is -2.20. The molecule has 0 bridgehead atoms. The molecule has 102 valence electrons. The first-order chi connectivity index (χ1) is 9.86. The Kier molecular flexibility index (Phi) is 3.97. The van der Waals surface area contributed by atoms with E-state index >= 15 is 0 Å². The van der Waals surface area contributed by atoms with Crippen LogP contribution < -0.4 is 10.6 Å². The molecule has 0 unspecified atom stereocenters. The van der Waals surface area contributed by atoms with Crippen molar-refractivity contribution in [3.05, 3.63) is 53.6 Å². The van der Waals surface area contributed by atoms with Crippen molar-refractivity contribution < 1.29 is 0 Å². The van der Waals surface area contributed by atoms with Crippen LogP contribution in [0.15, 0.2) is 47.4 Å². The number of benzene rings is 2. The van der Waals surface area contributed by atoms with E-state index in [1.165, 1.54) is 27.4 Å². The first-order valence-electron chi connectivity index (χ1n) is 6.80. The Morgan fingerprint density at radius 1 is 1.00 bits per heavy atom. The Morgan fingerprint density at radius 3 is 2.75 bits per heavy atom. The van der Waals surface area contributed by atoms with Gasteiger partial charge in [0.25, 0.3) is 0 Å². The van der Waals surface area contributed by atoms with Gasteiger partial charge >= 0.3 is 0 Å². The van der Waals surface area contributed by atoms with Crippen LogP contribution in [-0.4, -0.2) is 19.3 Å². The molecule has 2 nitrogen and oxygen atoms in total. The number of hydrogen-bond donors (Lipinski definition) is 2. The Labute approximate surface area is 124 Å². The van der Waals surface area contributed by atoms with Crippen LogP contribution in [0.5, 0.6) is 0 Å². The van der Waals surface area contributed by atoms with Gasteiger partial charge in [-0.25, -0.2) is 0 Å². The number of rotatable bonds is 3. The van der Waals surface area contributed by atoms with Gasteiger partial charge in [0.05, 0.1) is 11.4 Å². The zero-order valence-electron chi connectivity index (χ0n) is 11.5. The number of fused-ring (bicyclic) bond motifs is 1. The highest BCUT2D eigenvalue weighted by molar-refractivity contribution is 7.98. The number of anilines is 2. The van der Waals surface area contributed by atoms with Crippen molar-refractivity contribution in [2.75, 3.05) is 30.0 Å².